The molecule has 3 rings (SSSR count). The van der Waals surface area contributed by atoms with Crippen LogP contribution in [0.25, 0.3) is 0 Å². The van der Waals surface area contributed by atoms with Crippen molar-refractivity contribution in [1.82, 2.24) is 15.3 Å². The largest absolute Gasteiger partial charge is 0.504 e. The number of likely N-dealkylation sites (N-methyl/N-ethyl adjacent to an activating group) is 1. The van der Waals surface area contributed by atoms with Gasteiger partial charge in [0.05, 0.1) is 32.2 Å². The van der Waals surface area contributed by atoms with Crippen LogP contribution in [0.1, 0.15) is 11.6 Å². The second-order valence-corrected chi connectivity index (χ2v) is 5.94. The molecule has 2 amide bonds. The van der Waals surface area contributed by atoms with E-state index in [9.17, 15) is 14.7 Å². The van der Waals surface area contributed by atoms with Gasteiger partial charge in [-0.15, -0.1) is 0 Å². The van der Waals surface area contributed by atoms with Crippen LogP contribution in [0.15, 0.2) is 18.2 Å². The number of hydrogen-bond donors (Lipinski definition) is 2. The number of likely N-dealkylation sites (tertiary alicyclic amines) is 1. The summed E-state index contributed by atoms with van der Waals surface area (Å²) >= 11 is 0. The molecule has 0 aromatic heterocycles. The number of carbonyl (C=O) groups is 2. The number of phenolic OH excluding ortho intramolecular Hbond substituents is 1. The number of nitrogens with one attached hydrogen (secondary N) is 1. The van der Waals surface area contributed by atoms with Gasteiger partial charge in [0.2, 0.25) is 11.8 Å². The highest BCUT2D eigenvalue weighted by Crippen LogP contribution is 2.41. The lowest BCUT2D eigenvalue weighted by atomic mass is 9.91. The molecular weight excluding hydrogens is 314 g/mol. The molecule has 8 heteroatoms. The summed E-state index contributed by atoms with van der Waals surface area (Å²) in [6.07, 6.45) is 0. The predicted octanol–water partition coefficient (Wildman–Crippen LogP) is -0.108. The Hall–Kier alpha value is -2.16. The highest BCUT2D eigenvalue weighted by atomic mass is 16.5. The fraction of sp³-hybridized carbons (Fsp3) is 0.500. The number of hydrazine groups is 1. The van der Waals surface area contributed by atoms with E-state index in [1.807, 2.05) is 0 Å². The predicted molar refractivity (Wildman–Crippen MR) is 84.2 cm³/mol. The van der Waals surface area contributed by atoms with Gasteiger partial charge in [-0.05, 0) is 17.7 Å². The van der Waals surface area contributed by atoms with Crippen molar-refractivity contribution in [3.8, 4) is 11.5 Å². The average Bonchev–Trinajstić information content (AvgIpc) is 3.03. The lowest BCUT2D eigenvalue weighted by Gasteiger charge is -2.22. The molecule has 2 aliphatic rings. The number of ether oxygens (including phenoxy) is 2. The van der Waals surface area contributed by atoms with Crippen LogP contribution < -0.4 is 10.2 Å². The van der Waals surface area contributed by atoms with Gasteiger partial charge in [-0.3, -0.25) is 14.5 Å². The van der Waals surface area contributed by atoms with Crippen molar-refractivity contribution in [2.24, 2.45) is 5.92 Å². The lowest BCUT2D eigenvalue weighted by Crippen LogP contribution is -2.43. The number of hydrogen-bond acceptors (Lipinski definition) is 7. The number of methoxy groups -OCH3 is 2. The number of imide groups is 1. The molecule has 0 unspecified atom stereocenters. The summed E-state index contributed by atoms with van der Waals surface area (Å²) in [5.41, 5.74) is 3.95. The van der Waals surface area contributed by atoms with E-state index in [2.05, 4.69) is 5.43 Å². The Balaban J connectivity index is 1.92. The first kappa shape index (κ1) is 16.7. The standard InChI is InChI=1S/C16H21N3O5/c1-18-14-12(15(21)19(16(14)22)6-7-23-2)13(17-18)9-4-5-10(20)11(8-9)24-3/h4-5,8,12-14,17,20H,6-7H2,1-3H3/t12-,13+,14+/m1/s1. The summed E-state index contributed by atoms with van der Waals surface area (Å²) in [5, 5.41) is 11.4. The molecule has 8 nitrogen and oxygen atoms in total. The van der Waals surface area contributed by atoms with Gasteiger partial charge < -0.3 is 14.6 Å². The van der Waals surface area contributed by atoms with Crippen molar-refractivity contribution in [3.05, 3.63) is 23.8 Å². The fourth-order valence-corrected chi connectivity index (χ4v) is 3.42. The number of phenols is 1. The molecule has 2 saturated heterocycles. The number of fused-ring (bicyclic) bond motifs is 1. The molecule has 130 valence electrons. The first-order valence-electron chi connectivity index (χ1n) is 7.69. The van der Waals surface area contributed by atoms with Crippen LogP contribution in [0.3, 0.4) is 0 Å². The molecule has 0 radical (unpaired) electrons. The number of aromatic hydroxyl groups is 1. The number of rotatable bonds is 5. The second-order valence-electron chi connectivity index (χ2n) is 5.94. The van der Waals surface area contributed by atoms with Gasteiger partial charge in [0, 0.05) is 14.2 Å². The Bertz CT molecular complexity index is 665. The molecule has 2 heterocycles. The quantitative estimate of drug-likeness (QED) is 0.726. The molecule has 1 aromatic carbocycles. The molecule has 24 heavy (non-hydrogen) atoms. The zero-order valence-corrected chi connectivity index (χ0v) is 13.9. The van der Waals surface area contributed by atoms with Gasteiger partial charge in [0.25, 0.3) is 0 Å². The van der Waals surface area contributed by atoms with Gasteiger partial charge in [-0.2, -0.15) is 0 Å². The first-order chi connectivity index (χ1) is 11.5. The minimum absolute atomic E-state index is 0.0275. The Morgan fingerprint density at radius 1 is 1.25 bits per heavy atom. The molecule has 0 spiro atoms. The van der Waals surface area contributed by atoms with Crippen molar-refractivity contribution in [1.29, 1.82) is 0 Å². The van der Waals surface area contributed by atoms with Crippen molar-refractivity contribution in [3.63, 3.8) is 0 Å². The summed E-state index contributed by atoms with van der Waals surface area (Å²) in [6.45, 7) is 0.562. The lowest BCUT2D eigenvalue weighted by molar-refractivity contribution is -0.142. The monoisotopic (exact) mass is 335 g/mol. The zero-order valence-electron chi connectivity index (χ0n) is 13.9. The van der Waals surface area contributed by atoms with Crippen LogP contribution in [0, 0.1) is 5.92 Å². The van der Waals surface area contributed by atoms with Crippen molar-refractivity contribution < 1.29 is 24.2 Å². The van der Waals surface area contributed by atoms with E-state index in [1.165, 1.54) is 25.2 Å². The summed E-state index contributed by atoms with van der Waals surface area (Å²) in [5.74, 6) is -0.594. The van der Waals surface area contributed by atoms with Crippen LogP contribution in [0.2, 0.25) is 0 Å². The minimum Gasteiger partial charge on any atom is -0.504 e. The summed E-state index contributed by atoms with van der Waals surface area (Å²) in [4.78, 5) is 26.6. The van der Waals surface area contributed by atoms with Gasteiger partial charge in [-0.1, -0.05) is 6.07 Å². The molecular formula is C16H21N3O5. The van der Waals surface area contributed by atoms with Crippen LogP contribution in [0.4, 0.5) is 0 Å². The molecule has 2 fully saturated rings. The van der Waals surface area contributed by atoms with Crippen LogP contribution in [-0.2, 0) is 14.3 Å². The van der Waals surface area contributed by atoms with E-state index < -0.39 is 12.0 Å². The molecule has 0 saturated carbocycles. The minimum atomic E-state index is -0.542. The molecule has 2 N–H and O–H groups in total. The SMILES string of the molecule is COCCN1C(=O)[C@H]2[C@@H](C1=O)N(C)N[C@H]2c1ccc(O)c(OC)c1. The van der Waals surface area contributed by atoms with Gasteiger partial charge in [-0.25, -0.2) is 10.4 Å². The molecule has 3 atom stereocenters. The van der Waals surface area contributed by atoms with E-state index >= 15 is 0 Å². The first-order valence-corrected chi connectivity index (χ1v) is 7.69. The van der Waals surface area contributed by atoms with E-state index in [0.29, 0.717) is 12.4 Å². The zero-order chi connectivity index (χ0) is 17.4. The van der Waals surface area contributed by atoms with Crippen LogP contribution >= 0.6 is 0 Å². The highest BCUT2D eigenvalue weighted by molar-refractivity contribution is 6.07. The third kappa shape index (κ3) is 2.52. The Labute approximate surface area is 139 Å². The van der Waals surface area contributed by atoms with E-state index in [-0.39, 0.29) is 30.2 Å². The summed E-state index contributed by atoms with van der Waals surface area (Å²) in [7, 11) is 4.75. The topological polar surface area (TPSA) is 91.3 Å². The Kier molecular flexibility index (Phi) is 4.44. The molecule has 0 bridgehead atoms. The van der Waals surface area contributed by atoms with Gasteiger partial charge in [0.15, 0.2) is 11.5 Å². The number of nitrogens with zero attached hydrogens (tertiary/aromatic N) is 2. The summed E-state index contributed by atoms with van der Waals surface area (Å²) in [6, 6.07) is 4.02. The van der Waals surface area contributed by atoms with E-state index in [4.69, 9.17) is 9.47 Å². The number of benzene rings is 1. The highest BCUT2D eigenvalue weighted by Gasteiger charge is 2.57. The molecule has 2 aliphatic heterocycles. The van der Waals surface area contributed by atoms with Gasteiger partial charge in [0.1, 0.15) is 6.04 Å². The van der Waals surface area contributed by atoms with Crippen molar-refractivity contribution >= 4 is 11.8 Å². The van der Waals surface area contributed by atoms with E-state index in [1.54, 1.807) is 24.2 Å². The maximum atomic E-state index is 12.8. The third-order valence-corrected chi connectivity index (χ3v) is 4.61. The number of carbonyl (C=O) groups excluding carboxylic acids is 2. The normalized spacial score (nSPS) is 27.0. The number of amides is 2. The Morgan fingerprint density at radius 3 is 2.67 bits per heavy atom. The van der Waals surface area contributed by atoms with Crippen molar-refractivity contribution in [2.75, 3.05) is 34.4 Å². The maximum absolute atomic E-state index is 12.8. The fourth-order valence-electron chi connectivity index (χ4n) is 3.42. The maximum Gasteiger partial charge on any atom is 0.248 e. The molecule has 0 aliphatic carbocycles. The second kappa shape index (κ2) is 6.39. The molecule has 1 aromatic rings. The third-order valence-electron chi connectivity index (χ3n) is 4.61. The average molecular weight is 335 g/mol. The van der Waals surface area contributed by atoms with Gasteiger partial charge >= 0.3 is 0 Å². The smallest absolute Gasteiger partial charge is 0.248 e. The Morgan fingerprint density at radius 2 is 2.00 bits per heavy atom. The van der Waals surface area contributed by atoms with Crippen LogP contribution in [0.5, 0.6) is 11.5 Å². The van der Waals surface area contributed by atoms with Crippen molar-refractivity contribution in [2.45, 2.75) is 12.1 Å². The van der Waals surface area contributed by atoms with Crippen LogP contribution in [-0.4, -0.2) is 67.3 Å². The summed E-state index contributed by atoms with van der Waals surface area (Å²) < 4.78 is 10.1. The van der Waals surface area contributed by atoms with E-state index in [0.717, 1.165) is 5.56 Å².